The summed E-state index contributed by atoms with van der Waals surface area (Å²) in [5.41, 5.74) is 0. The zero-order valence-corrected chi connectivity index (χ0v) is 10.8. The number of nitrogens with zero attached hydrogens (tertiary/aromatic N) is 1. The van der Waals surface area contributed by atoms with Crippen molar-refractivity contribution in [3.05, 3.63) is 0 Å². The third kappa shape index (κ3) is 3.42. The van der Waals surface area contributed by atoms with Gasteiger partial charge in [-0.1, -0.05) is 6.92 Å². The molecule has 1 N–H and O–H groups in total. The molecule has 4 heteroatoms. The first-order valence-corrected chi connectivity index (χ1v) is 6.92. The molecule has 0 spiro atoms. The Morgan fingerprint density at radius 2 is 2.35 bits per heavy atom. The summed E-state index contributed by atoms with van der Waals surface area (Å²) in [4.78, 5) is 14.4. The van der Waals surface area contributed by atoms with Gasteiger partial charge in [0.15, 0.2) is 0 Å². The Morgan fingerprint density at radius 1 is 1.47 bits per heavy atom. The molecule has 0 bridgehead atoms. The van der Waals surface area contributed by atoms with Gasteiger partial charge in [-0.25, -0.2) is 0 Å². The Labute approximate surface area is 104 Å². The van der Waals surface area contributed by atoms with Gasteiger partial charge in [0.2, 0.25) is 5.91 Å². The van der Waals surface area contributed by atoms with E-state index in [0.717, 1.165) is 32.5 Å². The van der Waals surface area contributed by atoms with Gasteiger partial charge in [-0.05, 0) is 25.7 Å². The van der Waals surface area contributed by atoms with Crippen LogP contribution in [0.15, 0.2) is 0 Å². The van der Waals surface area contributed by atoms with E-state index in [0.29, 0.717) is 25.0 Å². The van der Waals surface area contributed by atoms with E-state index in [4.69, 9.17) is 4.74 Å². The van der Waals surface area contributed by atoms with Gasteiger partial charge >= 0.3 is 0 Å². The van der Waals surface area contributed by atoms with E-state index in [-0.39, 0.29) is 6.04 Å². The fourth-order valence-corrected chi connectivity index (χ4v) is 2.83. The minimum atomic E-state index is 0.218. The molecular weight excluding hydrogens is 216 g/mol. The Hall–Kier alpha value is -0.610. The Kier molecular flexibility index (Phi) is 4.80. The molecule has 0 aromatic heterocycles. The highest BCUT2D eigenvalue weighted by Gasteiger charge is 2.27. The number of rotatable bonds is 3. The average Bonchev–Trinajstić information content (AvgIpc) is 2.40. The molecule has 2 unspecified atom stereocenters. The average molecular weight is 240 g/mol. The zero-order chi connectivity index (χ0) is 12.1. The van der Waals surface area contributed by atoms with Crippen molar-refractivity contribution in [2.75, 3.05) is 26.3 Å². The van der Waals surface area contributed by atoms with Crippen molar-refractivity contribution in [3.8, 4) is 0 Å². The van der Waals surface area contributed by atoms with E-state index in [1.807, 2.05) is 0 Å². The summed E-state index contributed by atoms with van der Waals surface area (Å²) in [6.07, 6.45) is 5.29. The van der Waals surface area contributed by atoms with Crippen LogP contribution in [0.4, 0.5) is 0 Å². The number of ether oxygens (including phenoxy) is 1. The van der Waals surface area contributed by atoms with E-state index in [1.165, 1.54) is 12.8 Å². The van der Waals surface area contributed by atoms with Crippen molar-refractivity contribution in [1.29, 1.82) is 0 Å². The lowest BCUT2D eigenvalue weighted by atomic mass is 9.99. The van der Waals surface area contributed by atoms with Crippen LogP contribution in [0.5, 0.6) is 0 Å². The molecule has 0 aliphatic carbocycles. The topological polar surface area (TPSA) is 41.6 Å². The summed E-state index contributed by atoms with van der Waals surface area (Å²) < 4.78 is 5.39. The monoisotopic (exact) mass is 240 g/mol. The lowest BCUT2D eigenvalue weighted by Gasteiger charge is -2.36. The second-order valence-electron chi connectivity index (χ2n) is 5.08. The molecule has 17 heavy (non-hydrogen) atoms. The molecule has 0 aromatic rings. The Morgan fingerprint density at radius 3 is 3.06 bits per heavy atom. The molecule has 2 aliphatic heterocycles. The van der Waals surface area contributed by atoms with E-state index in [9.17, 15) is 4.79 Å². The number of piperidine rings is 1. The molecule has 2 rings (SSSR count). The van der Waals surface area contributed by atoms with Gasteiger partial charge in [0, 0.05) is 31.6 Å². The zero-order valence-electron chi connectivity index (χ0n) is 10.8. The summed E-state index contributed by atoms with van der Waals surface area (Å²) in [6, 6.07) is 0.691. The molecular formula is C13H24N2O2. The minimum Gasteiger partial charge on any atom is -0.378 e. The largest absolute Gasteiger partial charge is 0.378 e. The van der Waals surface area contributed by atoms with Crippen LogP contribution in [0.2, 0.25) is 0 Å². The molecule has 1 amide bonds. The first kappa shape index (κ1) is 12.8. The quantitative estimate of drug-likeness (QED) is 0.805. The summed E-state index contributed by atoms with van der Waals surface area (Å²) in [6.45, 7) is 5.45. The Bertz CT molecular complexity index is 252. The summed E-state index contributed by atoms with van der Waals surface area (Å²) in [5, 5.41) is 3.35. The normalized spacial score (nSPS) is 30.3. The molecule has 2 heterocycles. The molecule has 2 aliphatic rings. The number of hydrogen-bond acceptors (Lipinski definition) is 3. The second kappa shape index (κ2) is 6.36. The number of likely N-dealkylation sites (tertiary alicyclic amines) is 1. The fraction of sp³-hybridized carbons (Fsp3) is 0.923. The van der Waals surface area contributed by atoms with Crippen LogP contribution in [0.25, 0.3) is 0 Å². The highest BCUT2D eigenvalue weighted by Crippen LogP contribution is 2.20. The van der Waals surface area contributed by atoms with Gasteiger partial charge in [-0.15, -0.1) is 0 Å². The van der Waals surface area contributed by atoms with Crippen molar-refractivity contribution in [2.24, 2.45) is 0 Å². The molecule has 0 radical (unpaired) electrons. The number of amides is 1. The van der Waals surface area contributed by atoms with Crippen LogP contribution >= 0.6 is 0 Å². The van der Waals surface area contributed by atoms with E-state index >= 15 is 0 Å². The maximum atomic E-state index is 12.3. The lowest BCUT2D eigenvalue weighted by molar-refractivity contribution is -0.136. The molecule has 98 valence electrons. The van der Waals surface area contributed by atoms with Crippen molar-refractivity contribution >= 4 is 5.91 Å². The van der Waals surface area contributed by atoms with Gasteiger partial charge < -0.3 is 15.0 Å². The van der Waals surface area contributed by atoms with Crippen LogP contribution in [0, 0.1) is 0 Å². The van der Waals surface area contributed by atoms with E-state index in [2.05, 4.69) is 17.1 Å². The highest BCUT2D eigenvalue weighted by atomic mass is 16.5. The highest BCUT2D eigenvalue weighted by molar-refractivity contribution is 5.77. The van der Waals surface area contributed by atoms with E-state index in [1.54, 1.807) is 0 Å². The van der Waals surface area contributed by atoms with Crippen molar-refractivity contribution in [3.63, 3.8) is 0 Å². The molecule has 0 saturated carbocycles. The van der Waals surface area contributed by atoms with E-state index < -0.39 is 0 Å². The van der Waals surface area contributed by atoms with Crippen molar-refractivity contribution in [2.45, 2.75) is 51.1 Å². The van der Waals surface area contributed by atoms with Gasteiger partial charge in [0.1, 0.15) is 0 Å². The maximum absolute atomic E-state index is 12.3. The standard InChI is InChI=1S/C13H24N2O2/c1-2-12-5-3-4-7-15(12)13(16)9-11-10-17-8-6-14-11/h11-12,14H,2-10H2,1H3. The number of carbonyl (C=O) groups is 1. The van der Waals surface area contributed by atoms with Gasteiger partial charge in [0.25, 0.3) is 0 Å². The molecule has 4 nitrogen and oxygen atoms in total. The number of morpholine rings is 1. The van der Waals surface area contributed by atoms with Crippen LogP contribution < -0.4 is 5.32 Å². The molecule has 2 fully saturated rings. The number of hydrogen-bond donors (Lipinski definition) is 1. The number of nitrogens with one attached hydrogen (secondary N) is 1. The minimum absolute atomic E-state index is 0.218. The van der Waals surface area contributed by atoms with Crippen LogP contribution in [-0.2, 0) is 9.53 Å². The smallest absolute Gasteiger partial charge is 0.224 e. The SMILES string of the molecule is CCC1CCCCN1C(=O)CC1COCCN1. The van der Waals surface area contributed by atoms with Crippen LogP contribution in [0.1, 0.15) is 39.0 Å². The number of carbonyl (C=O) groups excluding carboxylic acids is 1. The Balaban J connectivity index is 1.84. The predicted molar refractivity (Wildman–Crippen MR) is 66.9 cm³/mol. The van der Waals surface area contributed by atoms with Gasteiger partial charge in [0.05, 0.1) is 13.2 Å². The van der Waals surface area contributed by atoms with Crippen LogP contribution in [-0.4, -0.2) is 49.2 Å². The first-order valence-electron chi connectivity index (χ1n) is 6.92. The molecule has 2 saturated heterocycles. The van der Waals surface area contributed by atoms with Crippen LogP contribution in [0.3, 0.4) is 0 Å². The molecule has 2 atom stereocenters. The third-order valence-electron chi connectivity index (χ3n) is 3.84. The summed E-state index contributed by atoms with van der Waals surface area (Å²) >= 11 is 0. The first-order chi connectivity index (χ1) is 8.31. The lowest BCUT2D eigenvalue weighted by Crippen LogP contribution is -2.48. The van der Waals surface area contributed by atoms with Gasteiger partial charge in [-0.2, -0.15) is 0 Å². The van der Waals surface area contributed by atoms with Gasteiger partial charge in [-0.3, -0.25) is 4.79 Å². The summed E-state index contributed by atoms with van der Waals surface area (Å²) in [7, 11) is 0. The fourth-order valence-electron chi connectivity index (χ4n) is 2.83. The van der Waals surface area contributed by atoms with Crippen molar-refractivity contribution in [1.82, 2.24) is 10.2 Å². The maximum Gasteiger partial charge on any atom is 0.224 e. The molecule has 0 aromatic carbocycles. The second-order valence-corrected chi connectivity index (χ2v) is 5.08. The summed E-state index contributed by atoms with van der Waals surface area (Å²) in [5.74, 6) is 0.305. The third-order valence-corrected chi connectivity index (χ3v) is 3.84. The predicted octanol–water partition coefficient (Wildman–Crippen LogP) is 1.16. The van der Waals surface area contributed by atoms with Crippen molar-refractivity contribution < 1.29 is 9.53 Å².